The predicted molar refractivity (Wildman–Crippen MR) is 119 cm³/mol. The first kappa shape index (κ1) is 22.9. The predicted octanol–water partition coefficient (Wildman–Crippen LogP) is 3.65. The van der Waals surface area contributed by atoms with Gasteiger partial charge in [-0.3, -0.25) is 0 Å². The van der Waals surface area contributed by atoms with Crippen molar-refractivity contribution >= 4 is 0 Å². The monoisotopic (exact) mass is 432 g/mol. The molecule has 0 spiro atoms. The first-order valence-corrected chi connectivity index (χ1v) is 10.3. The Morgan fingerprint density at radius 2 is 1.23 bits per heavy atom. The lowest BCUT2D eigenvalue weighted by molar-refractivity contribution is -0.923. The minimum Gasteiger partial charge on any atom is -0.493 e. The van der Waals surface area contributed by atoms with Crippen LogP contribution in [-0.2, 0) is 12.8 Å². The summed E-state index contributed by atoms with van der Waals surface area (Å²) in [5, 5.41) is 0. The average molecular weight is 433 g/mol. The van der Waals surface area contributed by atoms with Crippen molar-refractivity contribution in [1.29, 1.82) is 0 Å². The smallest absolute Gasteiger partial charge is 0.203 e. The van der Waals surface area contributed by atoms with E-state index < -0.39 is 0 Å². The molecule has 2 aromatic rings. The molecule has 0 radical (unpaired) electrons. The highest BCUT2D eigenvalue weighted by molar-refractivity contribution is 5.61. The molecule has 0 fully saturated rings. The maximum absolute atomic E-state index is 5.88. The van der Waals surface area contributed by atoms with Gasteiger partial charge in [-0.2, -0.15) is 0 Å². The van der Waals surface area contributed by atoms with E-state index in [2.05, 4.69) is 20.2 Å². The van der Waals surface area contributed by atoms with Gasteiger partial charge < -0.3 is 32.9 Å². The minimum absolute atomic E-state index is 0.140. The van der Waals surface area contributed by atoms with Gasteiger partial charge in [0, 0.05) is 12.8 Å². The van der Waals surface area contributed by atoms with E-state index >= 15 is 0 Å². The second kappa shape index (κ2) is 9.14. The SMILES string of the molecule is COc1cc(CC2c3c(cc(OC)c(OC)c3OC)CC[N+]2(C)C)cc(OC)c1OC. The number of nitrogens with zero attached hydrogens (tertiary/aromatic N) is 1. The molecule has 1 aliphatic rings. The lowest BCUT2D eigenvalue weighted by atomic mass is 9.86. The number of fused-ring (bicyclic) bond motifs is 1. The summed E-state index contributed by atoms with van der Waals surface area (Å²) in [6.45, 7) is 1.00. The van der Waals surface area contributed by atoms with Gasteiger partial charge in [-0.25, -0.2) is 0 Å². The van der Waals surface area contributed by atoms with Crippen LogP contribution in [0.1, 0.15) is 22.7 Å². The third kappa shape index (κ3) is 4.06. The number of quaternary nitrogens is 1. The van der Waals surface area contributed by atoms with E-state index in [-0.39, 0.29) is 6.04 Å². The molecule has 170 valence electrons. The van der Waals surface area contributed by atoms with Crippen LogP contribution >= 0.6 is 0 Å². The number of benzene rings is 2. The maximum atomic E-state index is 5.88. The molecule has 3 rings (SSSR count). The van der Waals surface area contributed by atoms with Crippen LogP contribution < -0.4 is 28.4 Å². The summed E-state index contributed by atoms with van der Waals surface area (Å²) in [5.74, 6) is 3.95. The molecule has 0 bridgehead atoms. The fraction of sp³-hybridized carbons (Fsp3) is 0.500. The minimum atomic E-state index is 0.140. The largest absolute Gasteiger partial charge is 0.493 e. The van der Waals surface area contributed by atoms with Gasteiger partial charge in [-0.15, -0.1) is 0 Å². The van der Waals surface area contributed by atoms with E-state index in [4.69, 9.17) is 28.4 Å². The first-order valence-electron chi connectivity index (χ1n) is 10.3. The van der Waals surface area contributed by atoms with E-state index in [1.54, 1.807) is 42.7 Å². The maximum Gasteiger partial charge on any atom is 0.203 e. The first-order chi connectivity index (χ1) is 14.8. The molecule has 0 aromatic heterocycles. The molecule has 1 heterocycles. The lowest BCUT2D eigenvalue weighted by Crippen LogP contribution is -2.48. The van der Waals surface area contributed by atoms with Crippen LogP contribution in [-0.4, -0.2) is 67.8 Å². The van der Waals surface area contributed by atoms with Crippen molar-refractivity contribution in [3.63, 3.8) is 0 Å². The van der Waals surface area contributed by atoms with Gasteiger partial charge in [0.15, 0.2) is 23.0 Å². The van der Waals surface area contributed by atoms with Crippen molar-refractivity contribution in [2.75, 3.05) is 63.3 Å². The second-order valence-corrected chi connectivity index (χ2v) is 8.22. The molecule has 0 aliphatic carbocycles. The number of ether oxygens (including phenoxy) is 6. The number of rotatable bonds is 8. The second-order valence-electron chi connectivity index (χ2n) is 8.22. The topological polar surface area (TPSA) is 55.4 Å². The van der Waals surface area contributed by atoms with Gasteiger partial charge in [0.1, 0.15) is 6.04 Å². The Bertz CT molecular complexity index is 915. The number of methoxy groups -OCH3 is 6. The molecule has 1 unspecified atom stereocenters. The third-order valence-corrected chi connectivity index (χ3v) is 6.24. The van der Waals surface area contributed by atoms with E-state index in [0.29, 0.717) is 28.7 Å². The zero-order valence-corrected chi connectivity index (χ0v) is 19.8. The summed E-state index contributed by atoms with van der Waals surface area (Å²) in [4.78, 5) is 0. The molecule has 31 heavy (non-hydrogen) atoms. The Morgan fingerprint density at radius 3 is 1.71 bits per heavy atom. The Balaban J connectivity index is 2.17. The van der Waals surface area contributed by atoms with Gasteiger partial charge in [-0.05, 0) is 29.3 Å². The Labute approximate surface area is 185 Å². The summed E-state index contributed by atoms with van der Waals surface area (Å²) in [6, 6.07) is 6.25. The van der Waals surface area contributed by atoms with Crippen molar-refractivity contribution < 1.29 is 32.9 Å². The van der Waals surface area contributed by atoms with Crippen LogP contribution in [0.15, 0.2) is 18.2 Å². The normalized spacial score (nSPS) is 16.8. The average Bonchev–Trinajstić information content (AvgIpc) is 2.78. The molecule has 7 nitrogen and oxygen atoms in total. The van der Waals surface area contributed by atoms with E-state index in [0.717, 1.165) is 40.7 Å². The number of likely N-dealkylation sites (N-methyl/N-ethyl adjacent to an activating group) is 1. The van der Waals surface area contributed by atoms with Gasteiger partial charge in [0.25, 0.3) is 0 Å². The molecule has 0 N–H and O–H groups in total. The molecular formula is C24H34NO6+. The van der Waals surface area contributed by atoms with E-state index in [9.17, 15) is 0 Å². The Morgan fingerprint density at radius 1 is 0.710 bits per heavy atom. The van der Waals surface area contributed by atoms with Gasteiger partial charge >= 0.3 is 0 Å². The molecule has 7 heteroatoms. The fourth-order valence-corrected chi connectivity index (χ4v) is 4.54. The molecule has 0 amide bonds. The van der Waals surface area contributed by atoms with Gasteiger partial charge in [0.05, 0.1) is 68.9 Å². The highest BCUT2D eigenvalue weighted by Gasteiger charge is 2.40. The summed E-state index contributed by atoms with van der Waals surface area (Å²) >= 11 is 0. The van der Waals surface area contributed by atoms with Crippen LogP contribution in [0.25, 0.3) is 0 Å². The van der Waals surface area contributed by atoms with Crippen molar-refractivity contribution in [2.24, 2.45) is 0 Å². The van der Waals surface area contributed by atoms with Crippen molar-refractivity contribution in [2.45, 2.75) is 18.9 Å². The van der Waals surface area contributed by atoms with E-state index in [1.165, 1.54) is 5.56 Å². The van der Waals surface area contributed by atoms with Crippen LogP contribution in [0.2, 0.25) is 0 Å². The van der Waals surface area contributed by atoms with Gasteiger partial charge in [0.2, 0.25) is 11.5 Å². The van der Waals surface area contributed by atoms with Crippen molar-refractivity contribution in [1.82, 2.24) is 0 Å². The standard InChI is InChI=1S/C24H34NO6/c1-25(2)10-9-16-14-20(28-5)23(30-7)24(31-8)21(16)17(25)11-15-12-18(26-3)22(29-6)19(13-15)27-4/h12-14,17H,9-11H2,1-8H3/q+1. The van der Waals surface area contributed by atoms with E-state index in [1.807, 2.05) is 12.1 Å². The molecule has 1 atom stereocenters. The van der Waals surface area contributed by atoms with Crippen LogP contribution in [0.3, 0.4) is 0 Å². The highest BCUT2D eigenvalue weighted by atomic mass is 16.5. The van der Waals surface area contributed by atoms with Gasteiger partial charge in [-0.1, -0.05) is 0 Å². The Kier molecular flexibility index (Phi) is 6.74. The summed E-state index contributed by atoms with van der Waals surface area (Å²) < 4.78 is 34.6. The summed E-state index contributed by atoms with van der Waals surface area (Å²) in [7, 11) is 14.4. The molecule has 0 saturated carbocycles. The van der Waals surface area contributed by atoms with Crippen LogP contribution in [0.4, 0.5) is 0 Å². The van der Waals surface area contributed by atoms with Crippen LogP contribution in [0, 0.1) is 0 Å². The molecule has 0 saturated heterocycles. The highest BCUT2D eigenvalue weighted by Crippen LogP contribution is 2.50. The third-order valence-electron chi connectivity index (χ3n) is 6.24. The quantitative estimate of drug-likeness (QED) is 0.594. The van der Waals surface area contributed by atoms with Crippen LogP contribution in [0.5, 0.6) is 34.5 Å². The zero-order valence-electron chi connectivity index (χ0n) is 19.8. The fourth-order valence-electron chi connectivity index (χ4n) is 4.54. The molecule has 1 aliphatic heterocycles. The number of hydrogen-bond acceptors (Lipinski definition) is 6. The molecule has 2 aromatic carbocycles. The number of hydrogen-bond donors (Lipinski definition) is 0. The lowest BCUT2D eigenvalue weighted by Gasteiger charge is -2.43. The summed E-state index contributed by atoms with van der Waals surface area (Å²) in [5.41, 5.74) is 3.48. The zero-order chi connectivity index (χ0) is 22.8. The Hall–Kier alpha value is -2.80. The van der Waals surface area contributed by atoms with Crippen molar-refractivity contribution in [3.8, 4) is 34.5 Å². The molecular weight excluding hydrogens is 398 g/mol. The van der Waals surface area contributed by atoms with Crippen molar-refractivity contribution in [3.05, 3.63) is 34.9 Å². The summed E-state index contributed by atoms with van der Waals surface area (Å²) in [6.07, 6.45) is 1.70.